The lowest BCUT2D eigenvalue weighted by Crippen LogP contribution is -2.40. The molecule has 0 bridgehead atoms. The number of hydrogen-bond acceptors (Lipinski definition) is 8. The van der Waals surface area contributed by atoms with Crippen molar-refractivity contribution in [2.75, 3.05) is 13.7 Å². The normalized spacial score (nSPS) is 14.6. The third kappa shape index (κ3) is 7.50. The van der Waals surface area contributed by atoms with E-state index in [2.05, 4.69) is 4.99 Å². The van der Waals surface area contributed by atoms with Crippen LogP contribution >= 0.6 is 57.7 Å². The number of halogens is 4. The van der Waals surface area contributed by atoms with Crippen molar-refractivity contribution in [1.82, 2.24) is 4.57 Å². The van der Waals surface area contributed by atoms with Gasteiger partial charge >= 0.3 is 5.97 Å². The molecule has 0 radical (unpaired) electrons. The first-order valence-electron chi connectivity index (χ1n) is 14.5. The van der Waals surface area contributed by atoms with Crippen molar-refractivity contribution in [3.63, 3.8) is 0 Å². The largest absolute Gasteiger partial charge is 0.493 e. The van der Waals surface area contributed by atoms with Gasteiger partial charge in [0.1, 0.15) is 6.61 Å². The van der Waals surface area contributed by atoms with Crippen molar-refractivity contribution in [3.05, 3.63) is 116 Å². The third-order valence-corrected chi connectivity index (χ3v) is 9.35. The molecule has 1 aliphatic heterocycles. The van der Waals surface area contributed by atoms with Gasteiger partial charge in [0.2, 0.25) is 0 Å². The summed E-state index contributed by atoms with van der Waals surface area (Å²) in [6.07, 6.45) is 1.58. The number of allylic oxidation sites excluding steroid dienone is 1. The molecular weight excluding hydrogens is 706 g/mol. The van der Waals surface area contributed by atoms with Gasteiger partial charge in [-0.1, -0.05) is 69.9 Å². The van der Waals surface area contributed by atoms with Gasteiger partial charge in [-0.25, -0.2) is 9.79 Å². The Hall–Kier alpha value is -3.47. The Labute approximate surface area is 295 Å². The minimum absolute atomic E-state index is 0.0881. The van der Waals surface area contributed by atoms with E-state index in [1.54, 1.807) is 68.5 Å². The van der Waals surface area contributed by atoms with Gasteiger partial charge in [-0.2, -0.15) is 0 Å². The number of benzene rings is 3. The lowest BCUT2D eigenvalue weighted by molar-refractivity contribution is -0.139. The molecule has 0 amide bonds. The zero-order valence-electron chi connectivity index (χ0n) is 26.0. The standard InChI is InChI=1S/C34H30Cl4N2O6S/c1-6-44-33(42)29-18(4)39-34-40(30(29)21-8-10-26(46-17(2)3)27(15-21)43-5)32(41)28(47-34)14-20-12-24(37)31(25(38)13-20)45-16-19-7-9-22(35)23(36)11-19/h7-15,17,30H,6,16H2,1-5H3/b28-14-/t30-/m0/s1. The molecule has 246 valence electrons. The van der Waals surface area contributed by atoms with Crippen LogP contribution in [0.5, 0.6) is 17.2 Å². The molecule has 0 fully saturated rings. The molecule has 0 spiro atoms. The minimum atomic E-state index is -0.834. The smallest absolute Gasteiger partial charge is 0.338 e. The number of nitrogens with zero attached hydrogens (tertiary/aromatic N) is 2. The summed E-state index contributed by atoms with van der Waals surface area (Å²) < 4.78 is 24.7. The molecule has 13 heteroatoms. The summed E-state index contributed by atoms with van der Waals surface area (Å²) in [6.45, 7) is 7.58. The Bertz CT molecular complexity index is 2050. The number of aromatic nitrogens is 1. The highest BCUT2D eigenvalue weighted by Crippen LogP contribution is 2.37. The zero-order chi connectivity index (χ0) is 34.0. The Balaban J connectivity index is 1.56. The highest BCUT2D eigenvalue weighted by atomic mass is 35.5. The highest BCUT2D eigenvalue weighted by molar-refractivity contribution is 7.07. The molecule has 1 aromatic heterocycles. The van der Waals surface area contributed by atoms with Crippen molar-refractivity contribution in [2.45, 2.75) is 46.4 Å². The van der Waals surface area contributed by atoms with E-state index in [4.69, 9.17) is 65.4 Å². The van der Waals surface area contributed by atoms with Crippen LogP contribution in [0.15, 0.2) is 69.6 Å². The Morgan fingerprint density at radius 3 is 2.36 bits per heavy atom. The van der Waals surface area contributed by atoms with E-state index in [9.17, 15) is 9.59 Å². The van der Waals surface area contributed by atoms with Crippen LogP contribution in [0.25, 0.3) is 6.08 Å². The van der Waals surface area contributed by atoms with Crippen LogP contribution in [0, 0.1) is 0 Å². The maximum atomic E-state index is 14.1. The topological polar surface area (TPSA) is 88.4 Å². The molecule has 47 heavy (non-hydrogen) atoms. The molecule has 2 heterocycles. The number of rotatable bonds is 10. The molecule has 8 nitrogen and oxygen atoms in total. The predicted octanol–water partition coefficient (Wildman–Crippen LogP) is 7.79. The number of fused-ring (bicyclic) bond motifs is 1. The second-order valence-electron chi connectivity index (χ2n) is 10.7. The molecule has 1 atom stereocenters. The number of thiazole rings is 1. The molecular formula is C34H30Cl4N2O6S. The van der Waals surface area contributed by atoms with Crippen molar-refractivity contribution in [3.8, 4) is 17.2 Å². The summed E-state index contributed by atoms with van der Waals surface area (Å²) in [5.41, 5.74) is 2.31. The second-order valence-corrected chi connectivity index (χ2v) is 13.4. The van der Waals surface area contributed by atoms with Crippen molar-refractivity contribution in [2.24, 2.45) is 4.99 Å². The van der Waals surface area contributed by atoms with Gasteiger partial charge < -0.3 is 18.9 Å². The molecule has 0 unspecified atom stereocenters. The number of hydrogen-bond donors (Lipinski definition) is 0. The molecule has 0 saturated heterocycles. The van der Waals surface area contributed by atoms with Crippen LogP contribution in [-0.2, 0) is 16.1 Å². The summed E-state index contributed by atoms with van der Waals surface area (Å²) in [5.74, 6) is 0.716. The van der Waals surface area contributed by atoms with Crippen molar-refractivity contribution < 1.29 is 23.7 Å². The van der Waals surface area contributed by atoms with Crippen LogP contribution < -0.4 is 29.1 Å². The maximum Gasteiger partial charge on any atom is 0.338 e. The van der Waals surface area contributed by atoms with E-state index in [-0.39, 0.29) is 46.2 Å². The van der Waals surface area contributed by atoms with Crippen LogP contribution in [0.3, 0.4) is 0 Å². The molecule has 1 aliphatic rings. The first-order valence-corrected chi connectivity index (χ1v) is 16.8. The average Bonchev–Trinajstić information content (AvgIpc) is 3.31. The fraction of sp³-hybridized carbons (Fsp3) is 0.265. The van der Waals surface area contributed by atoms with E-state index in [1.165, 1.54) is 23.0 Å². The summed E-state index contributed by atoms with van der Waals surface area (Å²) in [4.78, 5) is 32.4. The van der Waals surface area contributed by atoms with E-state index in [1.807, 2.05) is 13.8 Å². The Morgan fingerprint density at radius 1 is 1.00 bits per heavy atom. The van der Waals surface area contributed by atoms with Gasteiger partial charge in [0.05, 0.1) is 61.8 Å². The molecule has 3 aromatic carbocycles. The number of methoxy groups -OCH3 is 1. The molecule has 5 rings (SSSR count). The zero-order valence-corrected chi connectivity index (χ0v) is 29.9. The number of esters is 1. The first kappa shape index (κ1) is 34.9. The SMILES string of the molecule is CCOC(=O)C1=C(C)N=c2s/c(=C\c3cc(Cl)c(OCc4ccc(Cl)c(Cl)c4)c(Cl)c3)c(=O)n2[C@H]1c1ccc(OC(C)C)c(OC)c1. The number of carbonyl (C=O) groups excluding carboxylic acids is 1. The lowest BCUT2D eigenvalue weighted by Gasteiger charge is -2.25. The number of carbonyl (C=O) groups is 1. The fourth-order valence-electron chi connectivity index (χ4n) is 5.05. The summed E-state index contributed by atoms with van der Waals surface area (Å²) in [7, 11) is 1.53. The predicted molar refractivity (Wildman–Crippen MR) is 186 cm³/mol. The lowest BCUT2D eigenvalue weighted by atomic mass is 9.95. The molecule has 0 saturated carbocycles. The van der Waals surface area contributed by atoms with Gasteiger partial charge in [-0.15, -0.1) is 0 Å². The van der Waals surface area contributed by atoms with E-state index in [0.717, 1.165) is 5.56 Å². The van der Waals surface area contributed by atoms with Crippen LogP contribution in [0.1, 0.15) is 50.4 Å². The monoisotopic (exact) mass is 734 g/mol. The average molecular weight is 737 g/mol. The van der Waals surface area contributed by atoms with E-state index in [0.29, 0.717) is 47.7 Å². The number of ether oxygens (including phenoxy) is 4. The van der Waals surface area contributed by atoms with Crippen LogP contribution in [-0.4, -0.2) is 30.4 Å². The summed E-state index contributed by atoms with van der Waals surface area (Å²) in [6, 6.07) is 13.0. The van der Waals surface area contributed by atoms with Gasteiger partial charge in [-0.05, 0) is 86.9 Å². The van der Waals surface area contributed by atoms with Gasteiger partial charge in [0, 0.05) is 0 Å². The van der Waals surface area contributed by atoms with Gasteiger partial charge in [0.25, 0.3) is 5.56 Å². The van der Waals surface area contributed by atoms with Crippen molar-refractivity contribution in [1.29, 1.82) is 0 Å². The Morgan fingerprint density at radius 2 is 1.72 bits per heavy atom. The molecule has 4 aromatic rings. The maximum absolute atomic E-state index is 14.1. The van der Waals surface area contributed by atoms with Crippen LogP contribution in [0.4, 0.5) is 0 Å². The highest BCUT2D eigenvalue weighted by Gasteiger charge is 2.34. The summed E-state index contributed by atoms with van der Waals surface area (Å²) >= 11 is 26.5. The molecule has 0 aliphatic carbocycles. The quantitative estimate of drug-likeness (QED) is 0.155. The van der Waals surface area contributed by atoms with E-state index < -0.39 is 12.0 Å². The second kappa shape index (κ2) is 14.7. The van der Waals surface area contributed by atoms with Gasteiger partial charge in [0.15, 0.2) is 22.0 Å². The van der Waals surface area contributed by atoms with Crippen molar-refractivity contribution >= 4 is 69.8 Å². The third-order valence-electron chi connectivity index (χ3n) is 7.07. The van der Waals surface area contributed by atoms with E-state index >= 15 is 0 Å². The molecule has 0 N–H and O–H groups in total. The Kier molecular flexibility index (Phi) is 10.9. The van der Waals surface area contributed by atoms with Gasteiger partial charge in [-0.3, -0.25) is 9.36 Å². The fourth-order valence-corrected chi connectivity index (χ4v) is 7.03. The summed E-state index contributed by atoms with van der Waals surface area (Å²) in [5, 5.41) is 1.36. The minimum Gasteiger partial charge on any atom is -0.493 e. The van der Waals surface area contributed by atoms with Crippen LogP contribution in [0.2, 0.25) is 20.1 Å². The first-order chi connectivity index (χ1) is 22.4.